The minimum Gasteiger partial charge on any atom is -0.435 e. The van der Waals surface area contributed by atoms with Crippen molar-refractivity contribution in [3.8, 4) is 11.8 Å². The summed E-state index contributed by atoms with van der Waals surface area (Å²) in [6.45, 7) is -0.582. The molecule has 0 bridgehead atoms. The summed E-state index contributed by atoms with van der Waals surface area (Å²) in [5.41, 5.74) is 0.475. The van der Waals surface area contributed by atoms with Crippen LogP contribution in [0.15, 0.2) is 24.3 Å². The number of nitrogens with zero attached hydrogens (tertiary/aromatic N) is 1. The third kappa shape index (κ3) is 3.56. The molecule has 0 saturated carbocycles. The summed E-state index contributed by atoms with van der Waals surface area (Å²) in [5.74, 6) is -1.41. The molecule has 1 aromatic rings. The number of carbonyl (C=O) groups is 1. The van der Waals surface area contributed by atoms with E-state index in [0.717, 1.165) is 0 Å². The molecular formula is C15H15F2NO3. The Kier molecular flexibility index (Phi) is 4.86. The zero-order valence-corrected chi connectivity index (χ0v) is 11.5. The Morgan fingerprint density at radius 2 is 2.10 bits per heavy atom. The molecule has 2 rings (SSSR count). The van der Waals surface area contributed by atoms with Crippen LogP contribution in [0.3, 0.4) is 0 Å². The predicted molar refractivity (Wildman–Crippen MR) is 70.0 cm³/mol. The molecule has 1 fully saturated rings. The highest BCUT2D eigenvalue weighted by Crippen LogP contribution is 2.29. The summed E-state index contributed by atoms with van der Waals surface area (Å²) in [5, 5.41) is 9.25. The number of ketones is 1. The second-order valence-electron chi connectivity index (χ2n) is 4.88. The topological polar surface area (TPSA) is 59.3 Å². The molecule has 0 aromatic heterocycles. The summed E-state index contributed by atoms with van der Waals surface area (Å²) in [6, 6.07) is 7.56. The molecule has 4 nitrogen and oxygen atoms in total. The Morgan fingerprint density at radius 1 is 1.43 bits per heavy atom. The van der Waals surface area contributed by atoms with Crippen LogP contribution in [0, 0.1) is 17.2 Å². The number of rotatable bonds is 5. The smallest absolute Gasteiger partial charge is 0.387 e. The standard InChI is InChI=1S/C15H15F2NO3/c1-9-12(6-7-20-9)14(19)13(8-18)10-2-4-11(5-3-10)21-15(16)17/h2-5,9,12-13,15H,6-7H2,1H3. The van der Waals surface area contributed by atoms with Gasteiger partial charge in [-0.1, -0.05) is 12.1 Å². The highest BCUT2D eigenvalue weighted by atomic mass is 19.3. The van der Waals surface area contributed by atoms with Crippen molar-refractivity contribution in [1.29, 1.82) is 5.26 Å². The van der Waals surface area contributed by atoms with Crippen molar-refractivity contribution in [1.82, 2.24) is 0 Å². The molecule has 1 heterocycles. The van der Waals surface area contributed by atoms with Crippen molar-refractivity contribution >= 4 is 5.78 Å². The number of nitriles is 1. The van der Waals surface area contributed by atoms with Crippen molar-refractivity contribution < 1.29 is 23.0 Å². The fourth-order valence-electron chi connectivity index (χ4n) is 2.46. The molecule has 1 aliphatic rings. The van der Waals surface area contributed by atoms with E-state index in [0.29, 0.717) is 18.6 Å². The Hall–Kier alpha value is -2.00. The lowest BCUT2D eigenvalue weighted by molar-refractivity contribution is -0.124. The maximum absolute atomic E-state index is 12.4. The van der Waals surface area contributed by atoms with E-state index in [1.807, 2.05) is 13.0 Å². The molecule has 3 atom stereocenters. The number of carbonyl (C=O) groups excluding carboxylic acids is 1. The van der Waals surface area contributed by atoms with E-state index in [9.17, 15) is 18.8 Å². The summed E-state index contributed by atoms with van der Waals surface area (Å²) in [4.78, 5) is 12.4. The Morgan fingerprint density at radius 3 is 2.57 bits per heavy atom. The van der Waals surface area contributed by atoms with Gasteiger partial charge in [0.25, 0.3) is 0 Å². The molecule has 1 saturated heterocycles. The van der Waals surface area contributed by atoms with E-state index < -0.39 is 12.5 Å². The van der Waals surface area contributed by atoms with Crippen LogP contribution in [0.2, 0.25) is 0 Å². The molecule has 112 valence electrons. The highest BCUT2D eigenvalue weighted by Gasteiger charge is 2.35. The summed E-state index contributed by atoms with van der Waals surface area (Å²) >= 11 is 0. The quantitative estimate of drug-likeness (QED) is 0.838. The van der Waals surface area contributed by atoms with E-state index >= 15 is 0 Å². The minimum absolute atomic E-state index is 0.00421. The van der Waals surface area contributed by atoms with E-state index in [4.69, 9.17) is 4.74 Å². The van der Waals surface area contributed by atoms with Crippen LogP contribution in [0.25, 0.3) is 0 Å². The normalized spacial score (nSPS) is 22.8. The van der Waals surface area contributed by atoms with Gasteiger partial charge in [-0.15, -0.1) is 0 Å². The lowest BCUT2D eigenvalue weighted by Gasteiger charge is -2.17. The summed E-state index contributed by atoms with van der Waals surface area (Å²) in [7, 11) is 0. The number of alkyl halides is 2. The third-order valence-corrected chi connectivity index (χ3v) is 3.59. The van der Waals surface area contributed by atoms with Crippen molar-refractivity contribution in [2.45, 2.75) is 32.0 Å². The van der Waals surface area contributed by atoms with Crippen LogP contribution in [-0.2, 0) is 9.53 Å². The fourth-order valence-corrected chi connectivity index (χ4v) is 2.46. The first-order chi connectivity index (χ1) is 10.0. The van der Waals surface area contributed by atoms with Crippen LogP contribution in [0.4, 0.5) is 8.78 Å². The van der Waals surface area contributed by atoms with Crippen LogP contribution in [0.1, 0.15) is 24.8 Å². The van der Waals surface area contributed by atoms with Crippen LogP contribution in [0.5, 0.6) is 5.75 Å². The number of Topliss-reactive ketones (excluding diaryl/α,β-unsaturated/α-hetero) is 1. The largest absolute Gasteiger partial charge is 0.435 e. The minimum atomic E-state index is -2.90. The second-order valence-corrected chi connectivity index (χ2v) is 4.88. The zero-order valence-electron chi connectivity index (χ0n) is 11.5. The molecule has 1 aromatic carbocycles. The van der Waals surface area contributed by atoms with E-state index in [1.165, 1.54) is 24.3 Å². The van der Waals surface area contributed by atoms with Crippen molar-refractivity contribution in [3.05, 3.63) is 29.8 Å². The van der Waals surface area contributed by atoms with Gasteiger partial charge in [0.1, 0.15) is 11.7 Å². The van der Waals surface area contributed by atoms with E-state index in [1.54, 1.807) is 0 Å². The second kappa shape index (κ2) is 6.64. The molecule has 0 amide bonds. The molecule has 1 aliphatic heterocycles. The van der Waals surface area contributed by atoms with Crippen LogP contribution in [-0.4, -0.2) is 25.1 Å². The van der Waals surface area contributed by atoms with Gasteiger partial charge in [0.05, 0.1) is 12.2 Å². The van der Waals surface area contributed by atoms with Gasteiger partial charge in [0.2, 0.25) is 0 Å². The maximum Gasteiger partial charge on any atom is 0.387 e. The van der Waals surface area contributed by atoms with Gasteiger partial charge in [-0.2, -0.15) is 14.0 Å². The van der Waals surface area contributed by atoms with Gasteiger partial charge < -0.3 is 9.47 Å². The average Bonchev–Trinajstić information content (AvgIpc) is 2.87. The Bertz CT molecular complexity index is 539. The van der Waals surface area contributed by atoms with Crippen molar-refractivity contribution in [2.24, 2.45) is 5.92 Å². The lowest BCUT2D eigenvalue weighted by Crippen LogP contribution is -2.26. The molecule has 0 spiro atoms. The van der Waals surface area contributed by atoms with Gasteiger partial charge in [0, 0.05) is 12.5 Å². The first-order valence-electron chi connectivity index (χ1n) is 6.62. The Balaban J connectivity index is 2.14. The highest BCUT2D eigenvalue weighted by molar-refractivity contribution is 5.91. The van der Waals surface area contributed by atoms with E-state index in [2.05, 4.69) is 4.74 Å². The summed E-state index contributed by atoms with van der Waals surface area (Å²) < 4.78 is 33.7. The Labute approximate surface area is 121 Å². The molecule has 3 unspecified atom stereocenters. The third-order valence-electron chi connectivity index (χ3n) is 3.59. The van der Waals surface area contributed by atoms with Gasteiger partial charge in [-0.25, -0.2) is 0 Å². The molecule has 0 radical (unpaired) electrons. The van der Waals surface area contributed by atoms with Gasteiger partial charge in [0.15, 0.2) is 5.78 Å². The molecule has 21 heavy (non-hydrogen) atoms. The SMILES string of the molecule is CC1OCCC1C(=O)C(C#N)c1ccc(OC(F)F)cc1. The van der Waals surface area contributed by atoms with Gasteiger partial charge in [-0.3, -0.25) is 4.79 Å². The van der Waals surface area contributed by atoms with Gasteiger partial charge in [-0.05, 0) is 31.0 Å². The predicted octanol–water partition coefficient (Wildman–Crippen LogP) is 2.89. The van der Waals surface area contributed by atoms with Crippen LogP contribution >= 0.6 is 0 Å². The lowest BCUT2D eigenvalue weighted by atomic mass is 9.85. The number of benzene rings is 1. The number of hydrogen-bond acceptors (Lipinski definition) is 4. The molecule has 0 aliphatic carbocycles. The van der Waals surface area contributed by atoms with Crippen molar-refractivity contribution in [2.75, 3.05) is 6.61 Å². The number of halogens is 2. The van der Waals surface area contributed by atoms with Gasteiger partial charge >= 0.3 is 6.61 Å². The number of hydrogen-bond donors (Lipinski definition) is 0. The maximum atomic E-state index is 12.4. The monoisotopic (exact) mass is 295 g/mol. The molecule has 0 N–H and O–H groups in total. The van der Waals surface area contributed by atoms with Crippen LogP contribution < -0.4 is 4.74 Å². The zero-order chi connectivity index (χ0) is 15.4. The summed E-state index contributed by atoms with van der Waals surface area (Å²) in [6.07, 6.45) is 0.403. The number of ether oxygens (including phenoxy) is 2. The van der Waals surface area contributed by atoms with E-state index in [-0.39, 0.29) is 23.6 Å². The average molecular weight is 295 g/mol. The van der Waals surface area contributed by atoms with Crippen molar-refractivity contribution in [3.63, 3.8) is 0 Å². The molecule has 6 heteroatoms. The first kappa shape index (κ1) is 15.4. The molecular weight excluding hydrogens is 280 g/mol. The fraction of sp³-hybridized carbons (Fsp3) is 0.467. The first-order valence-corrected chi connectivity index (χ1v) is 6.62.